The van der Waals surface area contributed by atoms with E-state index >= 15 is 0 Å². The van der Waals surface area contributed by atoms with Gasteiger partial charge in [-0.25, -0.2) is 8.42 Å². The zero-order chi connectivity index (χ0) is 40.7. The Morgan fingerprint density at radius 3 is 1.62 bits per heavy atom. The molecule has 0 aromatic heterocycles. The summed E-state index contributed by atoms with van der Waals surface area (Å²) in [5.41, 5.74) is 0.706. The van der Waals surface area contributed by atoms with Crippen LogP contribution in [0.1, 0.15) is 61.9 Å². The van der Waals surface area contributed by atoms with Crippen molar-refractivity contribution in [1.82, 2.24) is 9.62 Å². The first kappa shape index (κ1) is 46.7. The summed E-state index contributed by atoms with van der Waals surface area (Å²) in [6, 6.07) is 13.6. The van der Waals surface area contributed by atoms with E-state index in [2.05, 4.69) is 5.32 Å². The second kappa shape index (κ2) is 25.5. The molecule has 1 amide bonds. The number of hydrogen-bond donors (Lipinski definition) is 2. The SMILES string of the molecule is CC(C)(C)OC(=O)CNC(=O)c1ccc(S(=O)(=O)N2CCC(c3ccc(OCCOCCOCCOCCOCCOCCOCCC(=O)O)cc3)CC2)cc1. The number of hydrogen-bond acceptors (Lipinski definition) is 13. The highest BCUT2D eigenvalue weighted by Crippen LogP contribution is 2.31. The lowest BCUT2D eigenvalue weighted by Crippen LogP contribution is -2.38. The number of aliphatic carboxylic acids is 1. The zero-order valence-electron chi connectivity index (χ0n) is 32.7. The van der Waals surface area contributed by atoms with E-state index < -0.39 is 33.5 Å². The molecule has 0 atom stereocenters. The lowest BCUT2D eigenvalue weighted by Gasteiger charge is -2.31. The van der Waals surface area contributed by atoms with Crippen molar-refractivity contribution in [1.29, 1.82) is 0 Å². The van der Waals surface area contributed by atoms with Crippen LogP contribution in [-0.4, -0.2) is 147 Å². The minimum atomic E-state index is -3.73. The molecule has 1 fully saturated rings. The Kier molecular flexibility index (Phi) is 21.3. The highest BCUT2D eigenvalue weighted by atomic mass is 32.2. The van der Waals surface area contributed by atoms with Crippen LogP contribution in [0.4, 0.5) is 0 Å². The van der Waals surface area contributed by atoms with E-state index in [0.29, 0.717) is 105 Å². The van der Waals surface area contributed by atoms with Crippen LogP contribution in [0.25, 0.3) is 0 Å². The first-order valence-corrected chi connectivity index (χ1v) is 20.3. The number of benzene rings is 2. The van der Waals surface area contributed by atoms with Crippen LogP contribution < -0.4 is 10.1 Å². The third-order valence-corrected chi connectivity index (χ3v) is 10.1. The topological polar surface area (TPSA) is 195 Å². The Hall–Kier alpha value is -3.68. The maximum atomic E-state index is 13.3. The van der Waals surface area contributed by atoms with Gasteiger partial charge in [-0.2, -0.15) is 4.31 Å². The van der Waals surface area contributed by atoms with Crippen molar-refractivity contribution in [3.05, 3.63) is 59.7 Å². The van der Waals surface area contributed by atoms with Gasteiger partial charge in [-0.3, -0.25) is 14.4 Å². The van der Waals surface area contributed by atoms with Gasteiger partial charge in [0.05, 0.1) is 90.6 Å². The van der Waals surface area contributed by atoms with Crippen molar-refractivity contribution in [3.63, 3.8) is 0 Å². The van der Waals surface area contributed by atoms with Gasteiger partial charge < -0.3 is 48.3 Å². The zero-order valence-corrected chi connectivity index (χ0v) is 33.6. The van der Waals surface area contributed by atoms with Gasteiger partial charge in [0.2, 0.25) is 10.0 Å². The molecule has 0 saturated carbocycles. The van der Waals surface area contributed by atoms with Crippen LogP contribution in [-0.2, 0) is 52.8 Å². The minimum Gasteiger partial charge on any atom is -0.491 e. The fraction of sp³-hybridized carbons (Fsp3) is 0.615. The fourth-order valence-corrected chi connectivity index (χ4v) is 6.87. The van der Waals surface area contributed by atoms with E-state index in [0.717, 1.165) is 11.3 Å². The van der Waals surface area contributed by atoms with E-state index in [4.69, 9.17) is 43.0 Å². The summed E-state index contributed by atoms with van der Waals surface area (Å²) in [6.45, 7) is 10.9. The van der Waals surface area contributed by atoms with E-state index in [1.54, 1.807) is 20.8 Å². The molecule has 2 N–H and O–H groups in total. The first-order chi connectivity index (χ1) is 26.8. The predicted molar refractivity (Wildman–Crippen MR) is 204 cm³/mol. The quantitative estimate of drug-likeness (QED) is 0.0939. The summed E-state index contributed by atoms with van der Waals surface area (Å²) >= 11 is 0. The first-order valence-electron chi connectivity index (χ1n) is 18.9. The molecule has 0 bridgehead atoms. The van der Waals surface area contributed by atoms with Crippen molar-refractivity contribution in [2.24, 2.45) is 0 Å². The molecule has 0 aliphatic carbocycles. The number of piperidine rings is 1. The van der Waals surface area contributed by atoms with E-state index in [1.807, 2.05) is 24.3 Å². The smallest absolute Gasteiger partial charge is 0.325 e. The largest absolute Gasteiger partial charge is 0.491 e. The van der Waals surface area contributed by atoms with Crippen LogP contribution >= 0.6 is 0 Å². The number of nitrogens with zero attached hydrogens (tertiary/aromatic N) is 1. The normalized spacial score (nSPS) is 14.1. The molecular weight excluding hydrogens is 752 g/mol. The van der Waals surface area contributed by atoms with Gasteiger partial charge in [-0.1, -0.05) is 12.1 Å². The number of amides is 1. The average molecular weight is 811 g/mol. The van der Waals surface area contributed by atoms with E-state index in [-0.39, 0.29) is 35.9 Å². The molecular formula is C39H58N2O14S. The highest BCUT2D eigenvalue weighted by Gasteiger charge is 2.30. The van der Waals surface area contributed by atoms with Crippen molar-refractivity contribution >= 4 is 27.9 Å². The maximum absolute atomic E-state index is 13.3. The van der Waals surface area contributed by atoms with Gasteiger partial charge in [0.25, 0.3) is 5.91 Å². The number of rotatable bonds is 28. The highest BCUT2D eigenvalue weighted by molar-refractivity contribution is 7.89. The summed E-state index contributed by atoms with van der Waals surface area (Å²) in [4.78, 5) is 34.8. The Bertz CT molecular complexity index is 1540. The number of nitrogens with one attached hydrogen (secondary N) is 1. The molecule has 0 spiro atoms. The molecule has 1 heterocycles. The monoisotopic (exact) mass is 810 g/mol. The van der Waals surface area contributed by atoms with Crippen LogP contribution in [0.15, 0.2) is 53.4 Å². The Morgan fingerprint density at radius 1 is 0.696 bits per heavy atom. The molecule has 2 aromatic carbocycles. The standard InChI is InChI=1S/C39H58N2O14S/c1-39(2,3)55-37(44)30-40-38(45)33-6-10-35(11-7-33)56(46,47)41-15-12-32(13-16-41)31-4-8-34(9-5-31)54-29-28-53-27-26-52-25-24-51-23-22-50-21-20-49-19-18-48-17-14-36(42)43/h4-11,32H,12-30H2,1-3H3,(H,40,45)(H,42,43). The summed E-state index contributed by atoms with van der Waals surface area (Å²) < 4.78 is 71.5. The molecule has 0 radical (unpaired) electrons. The number of carbonyl (C=O) groups excluding carboxylic acids is 2. The second-order valence-corrected chi connectivity index (χ2v) is 15.6. The summed E-state index contributed by atoms with van der Waals surface area (Å²) in [6.07, 6.45) is 1.33. The third-order valence-electron chi connectivity index (χ3n) is 8.19. The fourth-order valence-electron chi connectivity index (χ4n) is 5.40. The van der Waals surface area contributed by atoms with Crippen molar-refractivity contribution < 1.29 is 65.8 Å². The number of carboxylic acids is 1. The third kappa shape index (κ3) is 19.0. The summed E-state index contributed by atoms with van der Waals surface area (Å²) in [5, 5.41) is 11.0. The molecule has 2 aromatic rings. The van der Waals surface area contributed by atoms with Gasteiger partial charge >= 0.3 is 11.9 Å². The predicted octanol–water partition coefficient (Wildman–Crippen LogP) is 3.28. The molecule has 1 saturated heterocycles. The lowest BCUT2D eigenvalue weighted by atomic mass is 9.90. The second-order valence-electron chi connectivity index (χ2n) is 13.7. The van der Waals surface area contributed by atoms with Gasteiger partial charge in [0.1, 0.15) is 24.5 Å². The Morgan fingerprint density at radius 2 is 1.16 bits per heavy atom. The number of ether oxygens (including phenoxy) is 8. The van der Waals surface area contributed by atoms with Crippen LogP contribution in [0.3, 0.4) is 0 Å². The number of carboxylic acid groups (broad SMARTS) is 1. The summed E-state index contributed by atoms with van der Waals surface area (Å²) in [7, 11) is -3.73. The minimum absolute atomic E-state index is 0.0173. The van der Waals surface area contributed by atoms with Crippen molar-refractivity contribution in [3.8, 4) is 5.75 Å². The van der Waals surface area contributed by atoms with Crippen LogP contribution in [0.5, 0.6) is 5.75 Å². The van der Waals surface area contributed by atoms with Crippen LogP contribution in [0, 0.1) is 0 Å². The molecule has 314 valence electrons. The van der Waals surface area contributed by atoms with Crippen molar-refractivity contribution in [2.75, 3.05) is 106 Å². The van der Waals surface area contributed by atoms with Gasteiger partial charge in [0, 0.05) is 18.7 Å². The van der Waals surface area contributed by atoms with Gasteiger partial charge in [0.15, 0.2) is 0 Å². The number of carbonyl (C=O) groups is 3. The summed E-state index contributed by atoms with van der Waals surface area (Å²) in [5.74, 6) is -1.000. The van der Waals surface area contributed by atoms with Gasteiger partial charge in [-0.05, 0) is 81.5 Å². The van der Waals surface area contributed by atoms with Gasteiger partial charge in [-0.15, -0.1) is 0 Å². The molecule has 16 nitrogen and oxygen atoms in total. The van der Waals surface area contributed by atoms with Crippen LogP contribution in [0.2, 0.25) is 0 Å². The average Bonchev–Trinajstić information content (AvgIpc) is 3.17. The lowest BCUT2D eigenvalue weighted by molar-refractivity contribution is -0.153. The molecule has 0 unspecified atom stereocenters. The molecule has 17 heteroatoms. The molecule has 56 heavy (non-hydrogen) atoms. The van der Waals surface area contributed by atoms with Crippen molar-refractivity contribution in [2.45, 2.75) is 56.4 Å². The number of sulfonamides is 1. The molecule has 1 aliphatic rings. The number of esters is 1. The van der Waals surface area contributed by atoms with E-state index in [9.17, 15) is 22.8 Å². The molecule has 3 rings (SSSR count). The Balaban J connectivity index is 1.19. The molecule has 1 aliphatic heterocycles. The Labute approximate surface area is 330 Å². The maximum Gasteiger partial charge on any atom is 0.325 e. The van der Waals surface area contributed by atoms with E-state index in [1.165, 1.54) is 28.6 Å².